The van der Waals surface area contributed by atoms with E-state index in [4.69, 9.17) is 10.1 Å². The summed E-state index contributed by atoms with van der Waals surface area (Å²) in [6.45, 7) is 0. The van der Waals surface area contributed by atoms with Crippen LogP contribution in [0, 0.1) is 5.53 Å². The number of rotatable bonds is 2. The Labute approximate surface area is 93.5 Å². The lowest BCUT2D eigenvalue weighted by atomic mass is 10.1. The smallest absolute Gasteiger partial charge is 0.186 e. The fourth-order valence-corrected chi connectivity index (χ4v) is 1.91. The molecule has 0 fully saturated rings. The van der Waals surface area contributed by atoms with Gasteiger partial charge in [0.15, 0.2) is 11.1 Å². The second kappa shape index (κ2) is 3.99. The number of aromatic hydroxyl groups is 1. The fraction of sp³-hybridized carbons (Fsp3) is 0. The van der Waals surface area contributed by atoms with Crippen LogP contribution in [0.15, 0.2) is 40.3 Å². The first-order chi connectivity index (χ1) is 7.63. The number of hydrogen-bond acceptors (Lipinski definition) is 4. The third-order valence-corrected chi connectivity index (χ3v) is 2.92. The van der Waals surface area contributed by atoms with Gasteiger partial charge in [0, 0.05) is 10.8 Å². The van der Waals surface area contributed by atoms with Crippen molar-refractivity contribution < 1.29 is 13.9 Å². The zero-order valence-corrected chi connectivity index (χ0v) is 8.86. The highest BCUT2D eigenvalue weighted by molar-refractivity contribution is 7.79. The number of benzene rings is 2. The average molecular weight is 236 g/mol. The summed E-state index contributed by atoms with van der Waals surface area (Å²) in [6, 6.07) is 7.34. The van der Waals surface area contributed by atoms with Crippen LogP contribution in [-0.2, 0) is 11.1 Å². The van der Waals surface area contributed by atoms with E-state index in [1.165, 1.54) is 30.3 Å². The van der Waals surface area contributed by atoms with Crippen molar-refractivity contribution in [3.8, 4) is 5.75 Å². The van der Waals surface area contributed by atoms with Gasteiger partial charge in [0.1, 0.15) is 5.75 Å². The molecule has 0 saturated heterocycles. The molecule has 3 N–H and O–H groups in total. The second-order valence-electron chi connectivity index (χ2n) is 3.17. The molecule has 0 aliphatic rings. The predicted molar refractivity (Wildman–Crippen MR) is 59.5 cm³/mol. The highest BCUT2D eigenvalue weighted by atomic mass is 32.2. The molecular formula is C10H8N2O3S. The molecule has 0 heterocycles. The van der Waals surface area contributed by atoms with Crippen molar-refractivity contribution in [3.63, 3.8) is 0 Å². The van der Waals surface area contributed by atoms with Crippen LogP contribution in [0.25, 0.3) is 10.8 Å². The molecule has 1 atom stereocenters. The number of fused-ring (bicyclic) bond motifs is 1. The molecule has 0 aliphatic carbocycles. The van der Waals surface area contributed by atoms with E-state index in [-0.39, 0.29) is 10.6 Å². The average Bonchev–Trinajstić information content (AvgIpc) is 2.29. The zero-order valence-electron chi connectivity index (χ0n) is 8.04. The van der Waals surface area contributed by atoms with Crippen LogP contribution in [-0.4, -0.2) is 13.9 Å². The van der Waals surface area contributed by atoms with Crippen LogP contribution in [0.2, 0.25) is 0 Å². The van der Waals surface area contributed by atoms with Crippen LogP contribution < -0.4 is 0 Å². The minimum absolute atomic E-state index is 0.0534. The summed E-state index contributed by atoms with van der Waals surface area (Å²) in [4.78, 5) is 0.211. The Bertz CT molecular complexity index is 598. The van der Waals surface area contributed by atoms with Gasteiger partial charge in [-0.1, -0.05) is 0 Å². The third kappa shape index (κ3) is 1.68. The number of phenolic OH excluding ortho intramolecular Hbond substituents is 1. The maximum atomic E-state index is 10.9. The van der Waals surface area contributed by atoms with E-state index in [0.29, 0.717) is 16.5 Å². The maximum Gasteiger partial charge on any atom is 0.186 e. The third-order valence-electron chi connectivity index (χ3n) is 2.26. The fourth-order valence-electron chi connectivity index (χ4n) is 1.50. The number of nitrogens with zero attached hydrogens (tertiary/aromatic N) is 1. The van der Waals surface area contributed by atoms with Crippen molar-refractivity contribution in [2.75, 3.05) is 0 Å². The Morgan fingerprint density at radius 3 is 2.56 bits per heavy atom. The molecule has 0 aliphatic heterocycles. The highest BCUT2D eigenvalue weighted by Crippen LogP contribution is 2.33. The Morgan fingerprint density at radius 1 is 1.19 bits per heavy atom. The first-order valence-corrected chi connectivity index (χ1v) is 5.48. The molecule has 16 heavy (non-hydrogen) atoms. The minimum atomic E-state index is -2.09. The van der Waals surface area contributed by atoms with Crippen molar-refractivity contribution in [1.29, 1.82) is 5.53 Å². The molecule has 2 aromatic carbocycles. The molecule has 0 bridgehead atoms. The van der Waals surface area contributed by atoms with Crippen LogP contribution in [0.1, 0.15) is 0 Å². The summed E-state index contributed by atoms with van der Waals surface area (Å²) < 4.78 is 19.8. The van der Waals surface area contributed by atoms with Crippen LogP contribution in [0.3, 0.4) is 0 Å². The number of hydrogen-bond donors (Lipinski definition) is 3. The molecule has 1 unspecified atom stereocenters. The molecule has 0 aromatic heterocycles. The van der Waals surface area contributed by atoms with E-state index in [1.54, 1.807) is 0 Å². The van der Waals surface area contributed by atoms with E-state index in [1.807, 2.05) is 0 Å². The highest BCUT2D eigenvalue weighted by Gasteiger charge is 2.08. The van der Waals surface area contributed by atoms with Crippen molar-refractivity contribution in [3.05, 3.63) is 30.3 Å². The van der Waals surface area contributed by atoms with Crippen LogP contribution in [0.5, 0.6) is 5.75 Å². The second-order valence-corrected chi connectivity index (χ2v) is 4.14. The van der Waals surface area contributed by atoms with Crippen molar-refractivity contribution in [2.24, 2.45) is 5.11 Å². The minimum Gasteiger partial charge on any atom is -0.507 e. The topological polar surface area (TPSA) is 93.7 Å². The number of nitrogens with one attached hydrogen (secondary N) is 1. The molecule has 0 amide bonds. The van der Waals surface area contributed by atoms with Gasteiger partial charge in [-0.3, -0.25) is 0 Å². The standard InChI is InChI=1S/C10H8N2O3S/c11-12-9-3-4-10(13)7-2-1-6(16(14)15)5-8(7)9/h1-5,11,13H,(H,14,15). The van der Waals surface area contributed by atoms with Gasteiger partial charge in [-0.05, 0) is 30.3 Å². The van der Waals surface area contributed by atoms with Gasteiger partial charge >= 0.3 is 0 Å². The van der Waals surface area contributed by atoms with Gasteiger partial charge in [-0.25, -0.2) is 9.74 Å². The summed E-state index contributed by atoms with van der Waals surface area (Å²) >= 11 is -2.09. The molecule has 0 radical (unpaired) electrons. The Hall–Kier alpha value is -1.79. The summed E-state index contributed by atoms with van der Waals surface area (Å²) in [7, 11) is 0. The van der Waals surface area contributed by atoms with Gasteiger partial charge in [-0.15, -0.1) is 0 Å². The van der Waals surface area contributed by atoms with E-state index in [0.717, 1.165) is 0 Å². The monoisotopic (exact) mass is 236 g/mol. The van der Waals surface area contributed by atoms with Crippen molar-refractivity contribution >= 4 is 27.5 Å². The summed E-state index contributed by atoms with van der Waals surface area (Å²) in [5.41, 5.74) is 7.33. The van der Waals surface area contributed by atoms with Crippen molar-refractivity contribution in [2.45, 2.75) is 4.90 Å². The summed E-state index contributed by atoms with van der Waals surface area (Å²) in [6.07, 6.45) is 0. The SMILES string of the molecule is N=Nc1ccc(O)c2ccc(S(=O)O)cc12. The predicted octanol–water partition coefficient (Wildman–Crippen LogP) is 2.79. The van der Waals surface area contributed by atoms with Gasteiger partial charge in [0.25, 0.3) is 0 Å². The van der Waals surface area contributed by atoms with E-state index < -0.39 is 11.1 Å². The van der Waals surface area contributed by atoms with Crippen LogP contribution >= 0.6 is 0 Å². The molecule has 2 aromatic rings. The Balaban J connectivity index is 2.84. The lowest BCUT2D eigenvalue weighted by Crippen LogP contribution is -1.88. The van der Waals surface area contributed by atoms with E-state index >= 15 is 0 Å². The number of phenols is 1. The van der Waals surface area contributed by atoms with E-state index in [9.17, 15) is 9.32 Å². The van der Waals surface area contributed by atoms with Gasteiger partial charge in [-0.2, -0.15) is 5.11 Å². The molecule has 82 valence electrons. The summed E-state index contributed by atoms with van der Waals surface area (Å²) in [5.74, 6) is 0.0534. The zero-order chi connectivity index (χ0) is 11.7. The Kier molecular flexibility index (Phi) is 2.67. The largest absolute Gasteiger partial charge is 0.507 e. The first kappa shape index (κ1) is 10.7. The molecule has 6 heteroatoms. The quantitative estimate of drug-likeness (QED) is 0.552. The maximum absolute atomic E-state index is 10.9. The van der Waals surface area contributed by atoms with E-state index in [2.05, 4.69) is 5.11 Å². The first-order valence-electron chi connectivity index (χ1n) is 4.37. The van der Waals surface area contributed by atoms with Gasteiger partial charge in [0.05, 0.1) is 10.6 Å². The molecular weight excluding hydrogens is 228 g/mol. The van der Waals surface area contributed by atoms with Crippen LogP contribution in [0.4, 0.5) is 5.69 Å². The molecule has 0 spiro atoms. The van der Waals surface area contributed by atoms with Gasteiger partial charge < -0.3 is 9.66 Å². The lowest BCUT2D eigenvalue weighted by Gasteiger charge is -2.04. The normalized spacial score (nSPS) is 12.6. The van der Waals surface area contributed by atoms with Gasteiger partial charge in [0.2, 0.25) is 0 Å². The molecule has 2 rings (SSSR count). The molecule has 0 saturated carbocycles. The Morgan fingerprint density at radius 2 is 1.94 bits per heavy atom. The lowest BCUT2D eigenvalue weighted by molar-refractivity contribution is 0.481. The van der Waals surface area contributed by atoms with Crippen molar-refractivity contribution in [1.82, 2.24) is 0 Å². The molecule has 5 nitrogen and oxygen atoms in total. The summed E-state index contributed by atoms with van der Waals surface area (Å²) in [5, 5.41) is 13.9.